The number of hydrogen-bond donors (Lipinski definition) is 2. The Morgan fingerprint density at radius 2 is 1.96 bits per heavy atom. The Hall–Kier alpha value is -2.51. The zero-order chi connectivity index (χ0) is 20.1. The highest BCUT2D eigenvalue weighted by molar-refractivity contribution is 9.10. The van der Waals surface area contributed by atoms with Crippen molar-refractivity contribution in [2.75, 3.05) is 5.32 Å². The summed E-state index contributed by atoms with van der Waals surface area (Å²) in [5.41, 5.74) is 3.41. The maximum absolute atomic E-state index is 12.4. The molecule has 0 fully saturated rings. The first-order valence-corrected chi connectivity index (χ1v) is 10.5. The summed E-state index contributed by atoms with van der Waals surface area (Å²) in [6, 6.07) is 15.2. The maximum Gasteiger partial charge on any atom is 0.226 e. The summed E-state index contributed by atoms with van der Waals surface area (Å²) in [5, 5.41) is 8.54. The van der Waals surface area contributed by atoms with Gasteiger partial charge in [-0.1, -0.05) is 40.2 Å². The van der Waals surface area contributed by atoms with E-state index in [1.165, 1.54) is 18.3 Å². The molecule has 0 saturated heterocycles. The van der Waals surface area contributed by atoms with E-state index in [0.717, 1.165) is 26.3 Å². The van der Waals surface area contributed by atoms with Gasteiger partial charge in [-0.2, -0.15) is 0 Å². The van der Waals surface area contributed by atoms with E-state index in [1.807, 2.05) is 60.8 Å². The number of rotatable bonds is 6. The van der Waals surface area contributed by atoms with Gasteiger partial charge in [0.15, 0.2) is 0 Å². The number of anilines is 1. The summed E-state index contributed by atoms with van der Waals surface area (Å²) >= 11 is 4.99. The fourth-order valence-electron chi connectivity index (χ4n) is 2.77. The third kappa shape index (κ3) is 5.50. The maximum atomic E-state index is 12.4. The summed E-state index contributed by atoms with van der Waals surface area (Å²) in [7, 11) is 0. The monoisotopic (exact) mass is 457 g/mol. The molecule has 3 aromatic rings. The minimum atomic E-state index is -0.176. The van der Waals surface area contributed by atoms with Crippen LogP contribution in [-0.4, -0.2) is 16.8 Å². The molecule has 1 atom stereocenters. The van der Waals surface area contributed by atoms with Crippen LogP contribution in [0.1, 0.15) is 31.1 Å². The van der Waals surface area contributed by atoms with Gasteiger partial charge in [-0.05, 0) is 36.8 Å². The smallest absolute Gasteiger partial charge is 0.226 e. The van der Waals surface area contributed by atoms with Gasteiger partial charge in [-0.25, -0.2) is 4.98 Å². The topological polar surface area (TPSA) is 71.1 Å². The Kier molecular flexibility index (Phi) is 6.59. The molecule has 2 amide bonds. The first kappa shape index (κ1) is 20.2. The van der Waals surface area contributed by atoms with E-state index in [-0.39, 0.29) is 24.3 Å². The number of hydrogen-bond acceptors (Lipinski definition) is 4. The average molecular weight is 458 g/mol. The molecule has 0 aliphatic carbocycles. The second-order valence-corrected chi connectivity index (χ2v) is 8.20. The highest BCUT2D eigenvalue weighted by atomic mass is 79.9. The van der Waals surface area contributed by atoms with Crippen molar-refractivity contribution >= 4 is 44.8 Å². The van der Waals surface area contributed by atoms with Gasteiger partial charge in [-0.3, -0.25) is 9.59 Å². The summed E-state index contributed by atoms with van der Waals surface area (Å²) < 4.78 is 0.995. The van der Waals surface area contributed by atoms with Crippen LogP contribution in [0.15, 0.2) is 58.4 Å². The molecule has 2 N–H and O–H groups in total. The van der Waals surface area contributed by atoms with Gasteiger partial charge in [-0.15, -0.1) is 11.3 Å². The third-order valence-corrected chi connectivity index (χ3v) is 5.48. The van der Waals surface area contributed by atoms with Crippen LogP contribution >= 0.6 is 27.3 Å². The quantitative estimate of drug-likeness (QED) is 0.549. The zero-order valence-corrected chi connectivity index (χ0v) is 17.9. The number of halogens is 1. The summed E-state index contributed by atoms with van der Waals surface area (Å²) in [6.45, 7) is 3.38. The van der Waals surface area contributed by atoms with Crippen molar-refractivity contribution in [1.82, 2.24) is 10.3 Å². The fraction of sp³-hybridized carbons (Fsp3) is 0.190. The van der Waals surface area contributed by atoms with E-state index < -0.39 is 0 Å². The minimum Gasteiger partial charge on any atom is -0.349 e. The van der Waals surface area contributed by atoms with Crippen molar-refractivity contribution in [1.29, 1.82) is 0 Å². The number of carbonyl (C=O) groups is 2. The molecule has 1 heterocycles. The van der Waals surface area contributed by atoms with Crippen molar-refractivity contribution in [2.24, 2.45) is 0 Å². The van der Waals surface area contributed by atoms with E-state index in [2.05, 4.69) is 31.5 Å². The lowest BCUT2D eigenvalue weighted by Crippen LogP contribution is -2.28. The van der Waals surface area contributed by atoms with E-state index in [1.54, 1.807) is 0 Å². The van der Waals surface area contributed by atoms with Gasteiger partial charge in [0.1, 0.15) is 5.01 Å². The van der Waals surface area contributed by atoms with Crippen LogP contribution in [0.25, 0.3) is 10.6 Å². The summed E-state index contributed by atoms with van der Waals surface area (Å²) in [4.78, 5) is 28.2. The molecule has 5 nitrogen and oxygen atoms in total. The summed E-state index contributed by atoms with van der Waals surface area (Å²) in [5.74, 6) is -0.220. The molecule has 0 aliphatic heterocycles. The molecule has 1 aromatic heterocycles. The predicted octanol–water partition coefficient (Wildman–Crippen LogP) is 4.95. The van der Waals surface area contributed by atoms with E-state index >= 15 is 0 Å². The Morgan fingerprint density at radius 3 is 2.71 bits per heavy atom. The number of thiazole rings is 1. The molecular weight excluding hydrogens is 438 g/mol. The van der Waals surface area contributed by atoms with Gasteiger partial charge < -0.3 is 10.6 Å². The van der Waals surface area contributed by atoms with E-state index in [4.69, 9.17) is 0 Å². The second-order valence-electron chi connectivity index (χ2n) is 6.43. The van der Waals surface area contributed by atoms with Crippen molar-refractivity contribution in [2.45, 2.75) is 26.3 Å². The van der Waals surface area contributed by atoms with Crippen LogP contribution in [-0.2, 0) is 16.0 Å². The lowest BCUT2D eigenvalue weighted by atomic mass is 10.1. The molecule has 144 valence electrons. The van der Waals surface area contributed by atoms with Crippen LogP contribution in [0.4, 0.5) is 5.69 Å². The van der Waals surface area contributed by atoms with Gasteiger partial charge in [0.25, 0.3) is 0 Å². The largest absolute Gasteiger partial charge is 0.349 e. The first-order valence-electron chi connectivity index (χ1n) is 8.78. The molecule has 0 radical (unpaired) electrons. The van der Waals surface area contributed by atoms with Gasteiger partial charge >= 0.3 is 0 Å². The van der Waals surface area contributed by atoms with Gasteiger partial charge in [0, 0.05) is 28.0 Å². The fourth-order valence-corrected chi connectivity index (χ4v) is 3.99. The van der Waals surface area contributed by atoms with E-state index in [0.29, 0.717) is 5.69 Å². The molecular formula is C21H20BrN3O2S. The molecule has 3 rings (SSSR count). The molecule has 0 bridgehead atoms. The van der Waals surface area contributed by atoms with Crippen LogP contribution in [0.3, 0.4) is 0 Å². The molecule has 2 aromatic carbocycles. The van der Waals surface area contributed by atoms with Crippen molar-refractivity contribution in [3.63, 3.8) is 0 Å². The Balaban J connectivity index is 1.62. The first-order chi connectivity index (χ1) is 13.4. The van der Waals surface area contributed by atoms with Crippen molar-refractivity contribution in [3.05, 3.63) is 69.6 Å². The lowest BCUT2D eigenvalue weighted by Gasteiger charge is -2.15. The number of nitrogens with zero attached hydrogens (tertiary/aromatic N) is 1. The van der Waals surface area contributed by atoms with Crippen LogP contribution in [0.2, 0.25) is 0 Å². The second kappa shape index (κ2) is 9.12. The van der Waals surface area contributed by atoms with Crippen LogP contribution in [0, 0.1) is 0 Å². The molecule has 0 aliphatic rings. The highest BCUT2D eigenvalue weighted by Crippen LogP contribution is 2.26. The Morgan fingerprint density at radius 1 is 1.18 bits per heavy atom. The molecule has 1 unspecified atom stereocenters. The van der Waals surface area contributed by atoms with Crippen LogP contribution in [0.5, 0.6) is 0 Å². The Bertz CT molecular complexity index is 1000. The standard InChI is InChI=1S/C21H20BrN3O2S/c1-13(15-5-4-8-18(10-15)24-14(2)26)23-20(27)11-19-12-28-21(25-19)16-6-3-7-17(22)9-16/h3-10,12-13H,11H2,1-2H3,(H,23,27)(H,24,26). The highest BCUT2D eigenvalue weighted by Gasteiger charge is 2.13. The summed E-state index contributed by atoms with van der Waals surface area (Å²) in [6.07, 6.45) is 0.222. The van der Waals surface area contributed by atoms with Crippen LogP contribution < -0.4 is 10.6 Å². The third-order valence-electron chi connectivity index (χ3n) is 4.05. The zero-order valence-electron chi connectivity index (χ0n) is 15.5. The molecule has 28 heavy (non-hydrogen) atoms. The minimum absolute atomic E-state index is 0.0940. The van der Waals surface area contributed by atoms with E-state index in [9.17, 15) is 9.59 Å². The number of carbonyl (C=O) groups excluding carboxylic acids is 2. The predicted molar refractivity (Wildman–Crippen MR) is 116 cm³/mol. The number of amides is 2. The number of nitrogens with one attached hydrogen (secondary N) is 2. The van der Waals surface area contributed by atoms with Gasteiger partial charge in [0.05, 0.1) is 18.2 Å². The van der Waals surface area contributed by atoms with Crippen molar-refractivity contribution < 1.29 is 9.59 Å². The van der Waals surface area contributed by atoms with Crippen molar-refractivity contribution in [3.8, 4) is 10.6 Å². The molecule has 0 spiro atoms. The molecule has 7 heteroatoms. The number of benzene rings is 2. The van der Waals surface area contributed by atoms with Gasteiger partial charge in [0.2, 0.25) is 11.8 Å². The Labute approximate surface area is 176 Å². The SMILES string of the molecule is CC(=O)Nc1cccc(C(C)NC(=O)Cc2csc(-c3cccc(Br)c3)n2)c1. The lowest BCUT2D eigenvalue weighted by molar-refractivity contribution is -0.121. The number of aromatic nitrogens is 1. The average Bonchev–Trinajstić information content (AvgIpc) is 3.09. The molecule has 0 saturated carbocycles. The normalized spacial score (nSPS) is 11.7.